The molecule has 0 aromatic rings. The van der Waals surface area contributed by atoms with Gasteiger partial charge in [-0.25, -0.2) is 21.8 Å². The molecule has 0 spiro atoms. The van der Waals surface area contributed by atoms with Crippen LogP contribution in [0, 0.1) is 0 Å². The van der Waals surface area contributed by atoms with E-state index in [1.807, 2.05) is 0 Å². The summed E-state index contributed by atoms with van der Waals surface area (Å²) in [7, 11) is -6.74. The Bertz CT molecular complexity index is 523. The summed E-state index contributed by atoms with van der Waals surface area (Å²) in [5.74, 6) is -0.318. The van der Waals surface area contributed by atoms with Crippen molar-refractivity contribution < 1.29 is 16.8 Å². The summed E-state index contributed by atoms with van der Waals surface area (Å²) < 4.78 is 45.4. The number of aliphatic imine (C=N–C) groups is 1. The fraction of sp³-hybridized carbons (Fsp3) is 0.625. The summed E-state index contributed by atoms with van der Waals surface area (Å²) in [5.41, 5.74) is 0.0983. The Morgan fingerprint density at radius 1 is 1.40 bits per heavy atom. The van der Waals surface area contributed by atoms with Gasteiger partial charge in [-0.05, 0) is 20.8 Å². The number of hydrogen-bond acceptors (Lipinski definition) is 5. The zero-order chi connectivity index (χ0) is 11.9. The lowest BCUT2D eigenvalue weighted by molar-refractivity contribution is 0.589. The van der Waals surface area contributed by atoms with Crippen LogP contribution in [0.5, 0.6) is 0 Å². The molecule has 0 aromatic heterocycles. The molecule has 1 aliphatic heterocycles. The van der Waals surface area contributed by atoms with Gasteiger partial charge in [0.15, 0.2) is 9.84 Å². The van der Waals surface area contributed by atoms with E-state index in [1.54, 1.807) is 13.8 Å². The minimum absolute atomic E-state index is 0.0449. The molecule has 0 saturated carbocycles. The van der Waals surface area contributed by atoms with Crippen LogP contribution in [0.15, 0.2) is 16.1 Å². The minimum Gasteiger partial charge on any atom is -0.244 e. The van der Waals surface area contributed by atoms with Crippen LogP contribution in [0.1, 0.15) is 20.8 Å². The second-order valence-electron chi connectivity index (χ2n) is 3.64. The molecule has 0 aromatic carbocycles. The highest BCUT2D eigenvalue weighted by atomic mass is 32.2. The largest absolute Gasteiger partial charge is 0.244 e. The van der Waals surface area contributed by atoms with Gasteiger partial charge in [0, 0.05) is 0 Å². The molecule has 0 saturated heterocycles. The summed E-state index contributed by atoms with van der Waals surface area (Å²) in [6.45, 7) is 4.45. The molecule has 0 atom stereocenters. The molecule has 1 heterocycles. The first kappa shape index (κ1) is 12.4. The monoisotopic (exact) mass is 251 g/mol. The molecule has 5 nitrogen and oxygen atoms in total. The molecule has 86 valence electrons. The second-order valence-corrected chi connectivity index (χ2v) is 8.11. The predicted molar refractivity (Wildman–Crippen MR) is 59.0 cm³/mol. The number of nitrogens with zero attached hydrogens (tertiary/aromatic N) is 1. The third kappa shape index (κ3) is 2.66. The summed E-state index contributed by atoms with van der Waals surface area (Å²) in [4.78, 5) is 3.72. The molecule has 7 heteroatoms. The number of hydrogen-bond donors (Lipinski definition) is 0. The van der Waals surface area contributed by atoms with E-state index in [1.165, 1.54) is 6.92 Å². The van der Waals surface area contributed by atoms with E-state index in [-0.39, 0.29) is 16.5 Å². The summed E-state index contributed by atoms with van der Waals surface area (Å²) in [6, 6.07) is 0. The van der Waals surface area contributed by atoms with Gasteiger partial charge in [0.25, 0.3) is 0 Å². The second kappa shape index (κ2) is 3.71. The normalized spacial score (nSPS) is 20.3. The van der Waals surface area contributed by atoms with Crippen LogP contribution in [0.3, 0.4) is 0 Å². The van der Waals surface area contributed by atoms with Crippen molar-refractivity contribution in [1.82, 2.24) is 0 Å². The molecule has 0 fully saturated rings. The summed E-state index contributed by atoms with van der Waals surface area (Å²) in [5, 5.41) is 0.344. The van der Waals surface area contributed by atoms with Crippen molar-refractivity contribution in [2.24, 2.45) is 4.99 Å². The molecule has 1 aliphatic rings. The minimum atomic E-state index is -3.45. The van der Waals surface area contributed by atoms with Gasteiger partial charge in [0.2, 0.25) is 9.84 Å². The molecular formula is C8H13NO4S2. The molecule has 0 radical (unpaired) electrons. The van der Waals surface area contributed by atoms with Crippen molar-refractivity contribution in [2.75, 3.05) is 5.75 Å². The van der Waals surface area contributed by atoms with Gasteiger partial charge >= 0.3 is 0 Å². The SMILES string of the molecule is CC1=NC(CS(=O)(=O)C(C)C)=CS1(=O)=O. The maximum absolute atomic E-state index is 11.5. The molecule has 0 aliphatic carbocycles. The Morgan fingerprint density at radius 2 is 1.93 bits per heavy atom. The van der Waals surface area contributed by atoms with E-state index >= 15 is 0 Å². The third-order valence-electron chi connectivity index (χ3n) is 2.07. The van der Waals surface area contributed by atoms with Crippen molar-refractivity contribution in [3.05, 3.63) is 11.1 Å². The van der Waals surface area contributed by atoms with Gasteiger partial charge in [-0.2, -0.15) is 0 Å². The van der Waals surface area contributed by atoms with Crippen molar-refractivity contribution in [3.8, 4) is 0 Å². The van der Waals surface area contributed by atoms with Gasteiger partial charge in [0.1, 0.15) is 5.04 Å². The lowest BCUT2D eigenvalue weighted by atomic mass is 10.6. The highest BCUT2D eigenvalue weighted by molar-refractivity contribution is 8.09. The topological polar surface area (TPSA) is 80.6 Å². The van der Waals surface area contributed by atoms with Crippen LogP contribution >= 0.6 is 0 Å². The van der Waals surface area contributed by atoms with E-state index < -0.39 is 24.9 Å². The smallest absolute Gasteiger partial charge is 0.214 e. The molecule has 0 unspecified atom stereocenters. The Morgan fingerprint density at radius 3 is 2.27 bits per heavy atom. The van der Waals surface area contributed by atoms with E-state index in [9.17, 15) is 16.8 Å². The number of sulfone groups is 2. The third-order valence-corrected chi connectivity index (χ3v) is 5.70. The highest BCUT2D eigenvalue weighted by Crippen LogP contribution is 2.17. The zero-order valence-corrected chi connectivity index (χ0v) is 10.4. The summed E-state index contributed by atoms with van der Waals surface area (Å²) in [6.07, 6.45) is 0. The number of rotatable bonds is 3. The van der Waals surface area contributed by atoms with Crippen LogP contribution in [0.25, 0.3) is 0 Å². The maximum atomic E-state index is 11.5. The van der Waals surface area contributed by atoms with Gasteiger partial charge in [-0.1, -0.05) is 0 Å². The first-order valence-corrected chi connectivity index (χ1v) is 7.64. The first-order valence-electron chi connectivity index (χ1n) is 4.38. The van der Waals surface area contributed by atoms with Gasteiger partial charge in [-0.3, -0.25) is 0 Å². The van der Waals surface area contributed by atoms with E-state index in [0.29, 0.717) is 0 Å². The molecule has 15 heavy (non-hydrogen) atoms. The van der Waals surface area contributed by atoms with E-state index in [0.717, 1.165) is 5.41 Å². The fourth-order valence-corrected chi connectivity index (χ4v) is 2.90. The molecule has 0 bridgehead atoms. The maximum Gasteiger partial charge on any atom is 0.214 e. The summed E-state index contributed by atoms with van der Waals surface area (Å²) >= 11 is 0. The van der Waals surface area contributed by atoms with Gasteiger partial charge in [-0.15, -0.1) is 0 Å². The van der Waals surface area contributed by atoms with Crippen molar-refractivity contribution in [2.45, 2.75) is 26.0 Å². The first-order chi connectivity index (χ1) is 6.65. The van der Waals surface area contributed by atoms with E-state index in [2.05, 4.69) is 4.99 Å². The zero-order valence-electron chi connectivity index (χ0n) is 8.76. The van der Waals surface area contributed by atoms with Crippen molar-refractivity contribution in [1.29, 1.82) is 0 Å². The highest BCUT2D eigenvalue weighted by Gasteiger charge is 2.25. The lowest BCUT2D eigenvalue weighted by Crippen LogP contribution is -2.18. The van der Waals surface area contributed by atoms with Crippen LogP contribution < -0.4 is 0 Å². The Labute approximate surface area is 89.7 Å². The van der Waals surface area contributed by atoms with E-state index in [4.69, 9.17) is 0 Å². The Kier molecular flexibility index (Phi) is 3.06. The van der Waals surface area contributed by atoms with Crippen molar-refractivity contribution >= 4 is 24.7 Å². The molecule has 0 N–H and O–H groups in total. The Hall–Kier alpha value is -0.690. The lowest BCUT2D eigenvalue weighted by Gasteiger charge is -2.05. The van der Waals surface area contributed by atoms with Crippen molar-refractivity contribution in [3.63, 3.8) is 0 Å². The van der Waals surface area contributed by atoms with Crippen LogP contribution in [-0.4, -0.2) is 32.9 Å². The Balaban J connectivity index is 3.00. The average Bonchev–Trinajstić information content (AvgIpc) is 2.23. The van der Waals surface area contributed by atoms with Crippen LogP contribution in [0.4, 0.5) is 0 Å². The van der Waals surface area contributed by atoms with Gasteiger partial charge < -0.3 is 0 Å². The van der Waals surface area contributed by atoms with Crippen LogP contribution in [-0.2, 0) is 19.7 Å². The van der Waals surface area contributed by atoms with Crippen LogP contribution in [0.2, 0.25) is 0 Å². The molecule has 0 amide bonds. The van der Waals surface area contributed by atoms with Gasteiger partial charge in [0.05, 0.1) is 22.1 Å². The predicted octanol–water partition coefficient (Wildman–Crippen LogP) is 0.498. The fourth-order valence-electron chi connectivity index (χ4n) is 0.996. The average molecular weight is 251 g/mol. The molecular weight excluding hydrogens is 238 g/mol. The molecule has 1 rings (SSSR count). The quantitative estimate of drug-likeness (QED) is 0.731. The standard InChI is InChI=1S/C8H13NO4S2/c1-6(2)14(10,11)4-8-5-15(12,13)7(3)9-8/h5-6H,4H2,1-3H3.